The molecule has 2 aliphatic heterocycles. The van der Waals surface area contributed by atoms with Crippen LogP contribution >= 0.6 is 0 Å². The summed E-state index contributed by atoms with van der Waals surface area (Å²) in [5.41, 5.74) is 2.05. The Balaban J connectivity index is 1.70. The number of anilines is 1. The smallest absolute Gasteiger partial charge is 0.314 e. The molecule has 1 aromatic carbocycles. The maximum atomic E-state index is 11.9. The molecule has 2 heterocycles. The third-order valence-corrected chi connectivity index (χ3v) is 3.89. The minimum absolute atomic E-state index is 0.201. The van der Waals surface area contributed by atoms with E-state index in [4.69, 9.17) is 0 Å². The van der Waals surface area contributed by atoms with Gasteiger partial charge in [-0.1, -0.05) is 12.1 Å². The molecule has 6 nitrogen and oxygen atoms in total. The maximum absolute atomic E-state index is 11.9. The SMILES string of the molecule is O=C1CCN(c2cccc(CN3CCNCC3)c2)C(=O)N1. The summed E-state index contributed by atoms with van der Waals surface area (Å²) in [6, 6.07) is 7.67. The molecule has 6 heteroatoms. The molecule has 0 bridgehead atoms. The van der Waals surface area contributed by atoms with E-state index in [0.717, 1.165) is 38.4 Å². The molecular weight excluding hydrogens is 268 g/mol. The van der Waals surface area contributed by atoms with Crippen molar-refractivity contribution in [3.63, 3.8) is 0 Å². The van der Waals surface area contributed by atoms with Crippen molar-refractivity contribution in [2.75, 3.05) is 37.6 Å². The fourth-order valence-electron chi connectivity index (χ4n) is 2.76. The summed E-state index contributed by atoms with van der Waals surface area (Å²) in [5, 5.41) is 5.70. The lowest BCUT2D eigenvalue weighted by molar-refractivity contribution is -0.120. The standard InChI is InChI=1S/C15H20N4O2/c20-14-4-7-19(15(21)17-14)13-3-1-2-12(10-13)11-18-8-5-16-6-9-18/h1-3,10,16H,4-9,11H2,(H,17,20,21). The molecule has 1 aromatic rings. The molecule has 21 heavy (non-hydrogen) atoms. The first-order chi connectivity index (χ1) is 10.2. The number of nitrogens with one attached hydrogen (secondary N) is 2. The Morgan fingerprint density at radius 3 is 2.67 bits per heavy atom. The summed E-state index contributed by atoms with van der Waals surface area (Å²) in [6.45, 7) is 5.48. The Hall–Kier alpha value is -1.92. The van der Waals surface area contributed by atoms with Crippen molar-refractivity contribution in [3.8, 4) is 0 Å². The van der Waals surface area contributed by atoms with E-state index in [9.17, 15) is 9.59 Å². The van der Waals surface area contributed by atoms with Crippen LogP contribution < -0.4 is 15.5 Å². The van der Waals surface area contributed by atoms with Crippen LogP contribution in [0.2, 0.25) is 0 Å². The van der Waals surface area contributed by atoms with Crippen LogP contribution in [-0.2, 0) is 11.3 Å². The Labute approximate surface area is 124 Å². The second-order valence-corrected chi connectivity index (χ2v) is 5.45. The van der Waals surface area contributed by atoms with E-state index in [2.05, 4.69) is 21.6 Å². The Kier molecular flexibility index (Phi) is 4.17. The van der Waals surface area contributed by atoms with Crippen molar-refractivity contribution in [2.24, 2.45) is 0 Å². The van der Waals surface area contributed by atoms with E-state index >= 15 is 0 Å². The van der Waals surface area contributed by atoms with E-state index < -0.39 is 0 Å². The number of nitrogens with zero attached hydrogens (tertiary/aromatic N) is 2. The molecule has 0 atom stereocenters. The molecule has 2 N–H and O–H groups in total. The number of carbonyl (C=O) groups excluding carboxylic acids is 2. The normalized spacial score (nSPS) is 20.5. The molecule has 3 amide bonds. The molecule has 0 spiro atoms. The van der Waals surface area contributed by atoms with Crippen LogP contribution in [0.3, 0.4) is 0 Å². The zero-order chi connectivity index (χ0) is 14.7. The highest BCUT2D eigenvalue weighted by Gasteiger charge is 2.24. The van der Waals surface area contributed by atoms with Gasteiger partial charge in [-0.2, -0.15) is 0 Å². The number of hydrogen-bond donors (Lipinski definition) is 2. The molecule has 2 aliphatic rings. The number of piperazine rings is 1. The number of amides is 3. The molecule has 2 fully saturated rings. The van der Waals surface area contributed by atoms with Crippen LogP contribution in [-0.4, -0.2) is 49.6 Å². The predicted octanol–water partition coefficient (Wildman–Crippen LogP) is 0.538. The molecule has 0 aromatic heterocycles. The zero-order valence-corrected chi connectivity index (χ0v) is 12.0. The van der Waals surface area contributed by atoms with Gasteiger partial charge < -0.3 is 5.32 Å². The van der Waals surface area contributed by atoms with E-state index in [1.54, 1.807) is 4.90 Å². The van der Waals surface area contributed by atoms with Gasteiger partial charge in [-0.3, -0.25) is 19.9 Å². The van der Waals surface area contributed by atoms with E-state index in [-0.39, 0.29) is 11.9 Å². The Morgan fingerprint density at radius 1 is 1.10 bits per heavy atom. The lowest BCUT2D eigenvalue weighted by Crippen LogP contribution is -2.49. The van der Waals surface area contributed by atoms with E-state index in [1.165, 1.54) is 5.56 Å². The van der Waals surface area contributed by atoms with Crippen LogP contribution in [0.1, 0.15) is 12.0 Å². The number of urea groups is 1. The van der Waals surface area contributed by atoms with E-state index in [1.807, 2.05) is 18.2 Å². The highest BCUT2D eigenvalue weighted by Crippen LogP contribution is 2.19. The number of rotatable bonds is 3. The monoisotopic (exact) mass is 288 g/mol. The second kappa shape index (κ2) is 6.24. The third kappa shape index (κ3) is 3.40. The van der Waals surface area contributed by atoms with Crippen molar-refractivity contribution in [2.45, 2.75) is 13.0 Å². The summed E-state index contributed by atoms with van der Waals surface area (Å²) in [4.78, 5) is 27.1. The first-order valence-electron chi connectivity index (χ1n) is 7.36. The summed E-state index contributed by atoms with van der Waals surface area (Å²) >= 11 is 0. The van der Waals surface area contributed by atoms with Gasteiger partial charge in [0.15, 0.2) is 0 Å². The zero-order valence-electron chi connectivity index (χ0n) is 12.0. The van der Waals surface area contributed by atoms with Crippen LogP contribution in [0.4, 0.5) is 10.5 Å². The van der Waals surface area contributed by atoms with Crippen LogP contribution in [0.25, 0.3) is 0 Å². The van der Waals surface area contributed by atoms with E-state index in [0.29, 0.717) is 13.0 Å². The lowest BCUT2D eigenvalue weighted by Gasteiger charge is -2.29. The predicted molar refractivity (Wildman–Crippen MR) is 80.1 cm³/mol. The van der Waals surface area contributed by atoms with Crippen LogP contribution in [0.5, 0.6) is 0 Å². The van der Waals surface area contributed by atoms with Crippen molar-refractivity contribution in [1.29, 1.82) is 0 Å². The van der Waals surface area contributed by atoms with Crippen molar-refractivity contribution < 1.29 is 9.59 Å². The first-order valence-corrected chi connectivity index (χ1v) is 7.36. The highest BCUT2D eigenvalue weighted by atomic mass is 16.2. The quantitative estimate of drug-likeness (QED) is 0.852. The molecule has 3 rings (SSSR count). The fourth-order valence-corrected chi connectivity index (χ4v) is 2.76. The van der Waals surface area contributed by atoms with Gasteiger partial charge in [0.2, 0.25) is 5.91 Å². The van der Waals surface area contributed by atoms with Crippen molar-refractivity contribution in [3.05, 3.63) is 29.8 Å². The lowest BCUT2D eigenvalue weighted by atomic mass is 10.1. The van der Waals surface area contributed by atoms with Gasteiger partial charge in [-0.15, -0.1) is 0 Å². The van der Waals surface area contributed by atoms with Gasteiger partial charge in [0.25, 0.3) is 0 Å². The maximum Gasteiger partial charge on any atom is 0.328 e. The summed E-state index contributed by atoms with van der Waals surface area (Å²) in [5.74, 6) is -0.201. The average Bonchev–Trinajstić information content (AvgIpc) is 2.48. The minimum atomic E-state index is -0.328. The van der Waals surface area contributed by atoms with Gasteiger partial charge in [-0.25, -0.2) is 4.79 Å². The largest absolute Gasteiger partial charge is 0.328 e. The molecule has 112 valence electrons. The van der Waals surface area contributed by atoms with Gasteiger partial charge >= 0.3 is 6.03 Å². The minimum Gasteiger partial charge on any atom is -0.314 e. The summed E-state index contributed by atoms with van der Waals surface area (Å²) < 4.78 is 0. The van der Waals surface area contributed by atoms with Crippen molar-refractivity contribution in [1.82, 2.24) is 15.5 Å². The molecule has 0 unspecified atom stereocenters. The number of benzene rings is 1. The molecule has 0 radical (unpaired) electrons. The second-order valence-electron chi connectivity index (χ2n) is 5.45. The molecule has 0 aliphatic carbocycles. The van der Waals surface area contributed by atoms with Crippen LogP contribution in [0.15, 0.2) is 24.3 Å². The molecule has 2 saturated heterocycles. The fraction of sp³-hybridized carbons (Fsp3) is 0.467. The summed E-state index contributed by atoms with van der Waals surface area (Å²) in [7, 11) is 0. The molecule has 0 saturated carbocycles. The number of carbonyl (C=O) groups is 2. The topological polar surface area (TPSA) is 64.7 Å². The van der Waals surface area contributed by atoms with Gasteiger partial charge in [0, 0.05) is 51.4 Å². The Morgan fingerprint density at radius 2 is 1.90 bits per heavy atom. The molecular formula is C15H20N4O2. The highest BCUT2D eigenvalue weighted by molar-refractivity contribution is 6.05. The van der Waals surface area contributed by atoms with Gasteiger partial charge in [0.1, 0.15) is 0 Å². The van der Waals surface area contributed by atoms with Gasteiger partial charge in [0.05, 0.1) is 0 Å². The number of hydrogen-bond acceptors (Lipinski definition) is 4. The average molecular weight is 288 g/mol. The third-order valence-electron chi connectivity index (χ3n) is 3.89. The Bertz CT molecular complexity index is 540. The first kappa shape index (κ1) is 14.0. The van der Waals surface area contributed by atoms with Crippen molar-refractivity contribution >= 4 is 17.6 Å². The van der Waals surface area contributed by atoms with Gasteiger partial charge in [-0.05, 0) is 17.7 Å². The summed E-state index contributed by atoms with van der Waals surface area (Å²) in [6.07, 6.45) is 0.355. The van der Waals surface area contributed by atoms with Crippen LogP contribution in [0, 0.1) is 0 Å². The number of imide groups is 1.